The third kappa shape index (κ3) is 4.63. The summed E-state index contributed by atoms with van der Waals surface area (Å²) in [6, 6.07) is 5.77. The number of piperazine rings is 1. The van der Waals surface area contributed by atoms with E-state index in [1.165, 1.54) is 0 Å². The van der Waals surface area contributed by atoms with Crippen molar-refractivity contribution in [1.29, 1.82) is 0 Å². The first kappa shape index (κ1) is 23.0. The normalized spacial score (nSPS) is 18.6. The van der Waals surface area contributed by atoms with Gasteiger partial charge in [0.2, 0.25) is 17.7 Å². The molecule has 0 bridgehead atoms. The average Bonchev–Trinajstić information content (AvgIpc) is 3.08. The predicted octanol–water partition coefficient (Wildman–Crippen LogP) is 2.33. The Morgan fingerprint density at radius 2 is 1.78 bits per heavy atom. The summed E-state index contributed by atoms with van der Waals surface area (Å²) in [5, 5.41) is 8.16. The predicted molar refractivity (Wildman–Crippen MR) is 127 cm³/mol. The van der Waals surface area contributed by atoms with Crippen LogP contribution < -0.4 is 10.6 Å². The second-order valence-electron chi connectivity index (χ2n) is 8.65. The van der Waals surface area contributed by atoms with Gasteiger partial charge in [-0.1, -0.05) is 11.6 Å². The maximum absolute atomic E-state index is 13.6. The van der Waals surface area contributed by atoms with E-state index in [1.54, 1.807) is 28.1 Å². The molecule has 32 heavy (non-hydrogen) atoms. The number of benzene rings is 1. The van der Waals surface area contributed by atoms with Gasteiger partial charge in [-0.15, -0.1) is 11.3 Å². The van der Waals surface area contributed by atoms with E-state index in [2.05, 4.69) is 10.6 Å². The third-order valence-electron chi connectivity index (χ3n) is 6.58. The molecule has 4 rings (SSSR count). The maximum Gasteiger partial charge on any atom is 0.248 e. The highest BCUT2D eigenvalue weighted by Crippen LogP contribution is 2.33. The molecule has 0 spiro atoms. The molecule has 2 fully saturated rings. The standard InChI is InChI=1S/C23H29ClN4O3S/c1-15-18-13-17(24)3-4-19(18)32-20(15)14-21(30)26-23(5-7-25-8-6-23)22(31)28-11-9-27(10-12-28)16(2)29/h3-4,13,25H,5-12,14H2,1-2H3,(H,26,30). The Bertz CT molecular complexity index is 1040. The van der Waals surface area contributed by atoms with Crippen LogP contribution in [-0.2, 0) is 20.8 Å². The Kier molecular flexibility index (Phi) is 6.74. The van der Waals surface area contributed by atoms with E-state index in [1.807, 2.05) is 25.1 Å². The molecular weight excluding hydrogens is 448 g/mol. The molecule has 9 heteroatoms. The number of thiophene rings is 1. The summed E-state index contributed by atoms with van der Waals surface area (Å²) in [7, 11) is 0. The number of amides is 3. The van der Waals surface area contributed by atoms with Gasteiger partial charge in [0.05, 0.1) is 6.42 Å². The number of aryl methyl sites for hydroxylation is 1. The molecule has 2 N–H and O–H groups in total. The fourth-order valence-corrected chi connectivity index (χ4v) is 6.00. The summed E-state index contributed by atoms with van der Waals surface area (Å²) in [5.41, 5.74) is 0.169. The van der Waals surface area contributed by atoms with Crippen LogP contribution in [-0.4, -0.2) is 72.3 Å². The number of hydrogen-bond acceptors (Lipinski definition) is 5. The second kappa shape index (κ2) is 9.37. The molecule has 1 aromatic heterocycles. The van der Waals surface area contributed by atoms with Gasteiger partial charge < -0.3 is 20.4 Å². The van der Waals surface area contributed by atoms with E-state index in [0.717, 1.165) is 20.5 Å². The molecular formula is C23H29ClN4O3S. The maximum atomic E-state index is 13.6. The molecule has 2 aliphatic rings. The first-order valence-electron chi connectivity index (χ1n) is 11.0. The van der Waals surface area contributed by atoms with Gasteiger partial charge in [0.15, 0.2) is 0 Å². The summed E-state index contributed by atoms with van der Waals surface area (Å²) >= 11 is 7.74. The van der Waals surface area contributed by atoms with Crippen molar-refractivity contribution in [2.24, 2.45) is 0 Å². The molecule has 0 saturated carbocycles. The van der Waals surface area contributed by atoms with Gasteiger partial charge in [-0.3, -0.25) is 14.4 Å². The van der Waals surface area contributed by atoms with E-state index in [0.29, 0.717) is 57.1 Å². The number of hydrogen-bond donors (Lipinski definition) is 2. The molecule has 3 amide bonds. The number of piperidine rings is 1. The third-order valence-corrected chi connectivity index (χ3v) is 8.08. The number of halogens is 1. The van der Waals surface area contributed by atoms with Crippen LogP contribution >= 0.6 is 22.9 Å². The lowest BCUT2D eigenvalue weighted by Crippen LogP contribution is -2.65. The molecule has 7 nitrogen and oxygen atoms in total. The van der Waals surface area contributed by atoms with Crippen molar-refractivity contribution in [1.82, 2.24) is 20.4 Å². The van der Waals surface area contributed by atoms with E-state index >= 15 is 0 Å². The van der Waals surface area contributed by atoms with Crippen molar-refractivity contribution >= 4 is 50.7 Å². The van der Waals surface area contributed by atoms with Crippen LogP contribution in [0.3, 0.4) is 0 Å². The van der Waals surface area contributed by atoms with Crippen molar-refractivity contribution in [2.75, 3.05) is 39.3 Å². The van der Waals surface area contributed by atoms with Gasteiger partial charge >= 0.3 is 0 Å². The summed E-state index contributed by atoms with van der Waals surface area (Å²) in [5.74, 6) is -0.138. The summed E-state index contributed by atoms with van der Waals surface area (Å²) in [6.07, 6.45) is 1.36. The Balaban J connectivity index is 1.49. The van der Waals surface area contributed by atoms with Crippen LogP contribution in [0, 0.1) is 6.92 Å². The zero-order valence-corrected chi connectivity index (χ0v) is 20.1. The average molecular weight is 477 g/mol. The minimum absolute atomic E-state index is 0.0296. The lowest BCUT2D eigenvalue weighted by molar-refractivity contribution is -0.146. The molecule has 0 radical (unpaired) electrons. The van der Waals surface area contributed by atoms with Gasteiger partial charge in [-0.2, -0.15) is 0 Å². The number of nitrogens with zero attached hydrogens (tertiary/aromatic N) is 2. The van der Waals surface area contributed by atoms with Crippen molar-refractivity contribution < 1.29 is 14.4 Å². The summed E-state index contributed by atoms with van der Waals surface area (Å²) in [6.45, 7) is 6.99. The highest BCUT2D eigenvalue weighted by Gasteiger charge is 2.44. The topological polar surface area (TPSA) is 81.8 Å². The molecule has 3 heterocycles. The summed E-state index contributed by atoms with van der Waals surface area (Å²) < 4.78 is 1.10. The van der Waals surface area contributed by atoms with E-state index < -0.39 is 5.54 Å². The molecule has 2 saturated heterocycles. The number of carbonyl (C=O) groups is 3. The fraction of sp³-hybridized carbons (Fsp3) is 0.522. The molecule has 2 aliphatic heterocycles. The van der Waals surface area contributed by atoms with Gasteiger partial charge in [-0.05, 0) is 62.0 Å². The largest absolute Gasteiger partial charge is 0.341 e. The first-order valence-corrected chi connectivity index (χ1v) is 12.2. The smallest absolute Gasteiger partial charge is 0.248 e. The minimum Gasteiger partial charge on any atom is -0.341 e. The van der Waals surface area contributed by atoms with Gasteiger partial charge in [0.25, 0.3) is 0 Å². The number of rotatable bonds is 4. The SMILES string of the molecule is CC(=O)N1CCN(C(=O)C2(NC(=O)Cc3sc4ccc(Cl)cc4c3C)CCNCC2)CC1. The quantitative estimate of drug-likeness (QED) is 0.709. The number of fused-ring (bicyclic) bond motifs is 1. The van der Waals surface area contributed by atoms with Crippen LogP contribution in [0.5, 0.6) is 0 Å². The van der Waals surface area contributed by atoms with Crippen molar-refractivity contribution in [3.8, 4) is 0 Å². The van der Waals surface area contributed by atoms with Crippen molar-refractivity contribution in [2.45, 2.75) is 38.6 Å². The molecule has 1 aromatic carbocycles. The highest BCUT2D eigenvalue weighted by atomic mass is 35.5. The fourth-order valence-electron chi connectivity index (χ4n) is 4.64. The number of nitrogens with one attached hydrogen (secondary N) is 2. The number of carbonyl (C=O) groups excluding carboxylic acids is 3. The van der Waals surface area contributed by atoms with Gasteiger partial charge in [0, 0.05) is 47.7 Å². The molecule has 0 unspecified atom stereocenters. The van der Waals surface area contributed by atoms with E-state index in [-0.39, 0.29) is 24.1 Å². The van der Waals surface area contributed by atoms with Crippen LogP contribution in [0.25, 0.3) is 10.1 Å². The first-order chi connectivity index (χ1) is 15.3. The Morgan fingerprint density at radius 3 is 2.44 bits per heavy atom. The molecule has 0 aliphatic carbocycles. The van der Waals surface area contributed by atoms with Crippen LogP contribution in [0.4, 0.5) is 0 Å². The molecule has 2 aromatic rings. The minimum atomic E-state index is -0.894. The summed E-state index contributed by atoms with van der Waals surface area (Å²) in [4.78, 5) is 42.9. The van der Waals surface area contributed by atoms with Gasteiger partial charge in [-0.25, -0.2) is 0 Å². The van der Waals surface area contributed by atoms with Crippen molar-refractivity contribution in [3.63, 3.8) is 0 Å². The van der Waals surface area contributed by atoms with E-state index in [9.17, 15) is 14.4 Å². The lowest BCUT2D eigenvalue weighted by atomic mass is 9.86. The lowest BCUT2D eigenvalue weighted by Gasteiger charge is -2.43. The van der Waals surface area contributed by atoms with Crippen LogP contribution in [0.15, 0.2) is 18.2 Å². The molecule has 172 valence electrons. The second-order valence-corrected chi connectivity index (χ2v) is 10.2. The highest BCUT2D eigenvalue weighted by molar-refractivity contribution is 7.19. The zero-order chi connectivity index (χ0) is 22.9. The van der Waals surface area contributed by atoms with Crippen molar-refractivity contribution in [3.05, 3.63) is 33.7 Å². The Morgan fingerprint density at radius 1 is 1.12 bits per heavy atom. The van der Waals surface area contributed by atoms with Crippen LogP contribution in [0.2, 0.25) is 5.02 Å². The van der Waals surface area contributed by atoms with Crippen LogP contribution in [0.1, 0.15) is 30.2 Å². The monoisotopic (exact) mass is 476 g/mol. The Hall–Kier alpha value is -2.16. The molecule has 0 atom stereocenters. The Labute approximate surface area is 197 Å². The van der Waals surface area contributed by atoms with E-state index in [4.69, 9.17) is 11.6 Å². The zero-order valence-electron chi connectivity index (χ0n) is 18.5. The van der Waals surface area contributed by atoms with Gasteiger partial charge in [0.1, 0.15) is 5.54 Å².